The van der Waals surface area contributed by atoms with Gasteiger partial charge in [-0.2, -0.15) is 0 Å². The Balaban J connectivity index is 2.74. The van der Waals surface area contributed by atoms with Crippen molar-refractivity contribution >= 4 is 11.6 Å². The molecule has 1 aromatic rings. The highest BCUT2D eigenvalue weighted by Gasteiger charge is 2.10. The largest absolute Gasteiger partial charge is 0.381 e. The molecule has 0 fully saturated rings. The molecule has 0 bridgehead atoms. The molecule has 18 heavy (non-hydrogen) atoms. The van der Waals surface area contributed by atoms with Crippen LogP contribution < -0.4 is 16.4 Å². The third kappa shape index (κ3) is 4.33. The van der Waals surface area contributed by atoms with Crippen LogP contribution in [-0.2, 0) is 0 Å². The highest BCUT2D eigenvalue weighted by Crippen LogP contribution is 2.13. The van der Waals surface area contributed by atoms with Crippen LogP contribution in [0.4, 0.5) is 5.69 Å². The van der Waals surface area contributed by atoms with Crippen LogP contribution in [0, 0.1) is 5.92 Å². The molecule has 0 spiro atoms. The Morgan fingerprint density at radius 2 is 2.22 bits per heavy atom. The monoisotopic (exact) mass is 250 g/mol. The van der Waals surface area contributed by atoms with Gasteiger partial charge in [0.15, 0.2) is 0 Å². The number of anilines is 1. The molecule has 1 amide bonds. The van der Waals surface area contributed by atoms with E-state index >= 15 is 0 Å². The number of rotatable bonds is 6. The quantitative estimate of drug-likeness (QED) is 0.709. The Morgan fingerprint density at radius 3 is 2.78 bits per heavy atom. The second-order valence-electron chi connectivity index (χ2n) is 4.72. The second kappa shape index (κ2) is 6.96. The molecule has 0 saturated carbocycles. The molecule has 1 atom stereocenters. The Morgan fingerprint density at radius 1 is 1.50 bits per heavy atom. The lowest BCUT2D eigenvalue weighted by Crippen LogP contribution is -2.30. The van der Waals surface area contributed by atoms with Gasteiger partial charge in [0.2, 0.25) is 0 Å². The van der Waals surface area contributed by atoms with Crippen LogP contribution in [0.1, 0.15) is 30.8 Å². The fourth-order valence-corrected chi connectivity index (χ4v) is 1.79. The van der Waals surface area contributed by atoms with Crippen LogP contribution in [0.2, 0.25) is 0 Å². The Bertz CT molecular complexity index is 392. The lowest BCUT2D eigenvalue weighted by molar-refractivity contribution is 0.0958. The Kier molecular flexibility index (Phi) is 5.58. The van der Waals surface area contributed by atoms with Crippen molar-refractivity contribution in [1.29, 1.82) is 0 Å². The third-order valence-electron chi connectivity index (χ3n) is 2.63. The molecule has 0 saturated heterocycles. The van der Waals surface area contributed by atoms with Crippen LogP contribution >= 0.6 is 0 Å². The van der Waals surface area contributed by atoms with Crippen LogP contribution in [0.15, 0.2) is 18.3 Å². The van der Waals surface area contributed by atoms with Crippen molar-refractivity contribution in [3.8, 4) is 0 Å². The molecule has 0 aliphatic rings. The number of amides is 1. The smallest absolute Gasteiger partial charge is 0.269 e. The number of nitrogens with zero attached hydrogens (tertiary/aromatic N) is 1. The summed E-state index contributed by atoms with van der Waals surface area (Å²) in [5.74, 6) is 0.387. The van der Waals surface area contributed by atoms with E-state index in [0.29, 0.717) is 18.2 Å². The lowest BCUT2D eigenvalue weighted by atomic mass is 10.0. The van der Waals surface area contributed by atoms with Crippen molar-refractivity contribution in [2.75, 3.05) is 18.9 Å². The van der Waals surface area contributed by atoms with Crippen molar-refractivity contribution in [1.82, 2.24) is 10.3 Å². The van der Waals surface area contributed by atoms with E-state index in [9.17, 15) is 4.79 Å². The Hall–Kier alpha value is -1.62. The summed E-state index contributed by atoms with van der Waals surface area (Å²) in [4.78, 5) is 15.5. The van der Waals surface area contributed by atoms with Gasteiger partial charge in [0.1, 0.15) is 5.69 Å². The standard InChI is InChI=1S/C13H22N4O/c1-9(2)6-11(8-14)17-10-4-5-16-12(7-10)13(18)15-3/h4-5,7,9,11H,6,8,14H2,1-3H3,(H,15,18)(H,16,17). The average molecular weight is 250 g/mol. The van der Waals surface area contributed by atoms with Crippen molar-refractivity contribution in [2.24, 2.45) is 11.7 Å². The van der Waals surface area contributed by atoms with Crippen molar-refractivity contribution in [2.45, 2.75) is 26.3 Å². The zero-order valence-corrected chi connectivity index (χ0v) is 11.2. The minimum absolute atomic E-state index is 0.188. The molecule has 5 heteroatoms. The number of nitrogens with two attached hydrogens (primary N) is 1. The van der Waals surface area contributed by atoms with Gasteiger partial charge in [0.25, 0.3) is 5.91 Å². The first kappa shape index (κ1) is 14.4. The second-order valence-corrected chi connectivity index (χ2v) is 4.72. The molecule has 0 radical (unpaired) electrons. The van der Waals surface area contributed by atoms with E-state index in [-0.39, 0.29) is 11.9 Å². The number of hydrogen-bond donors (Lipinski definition) is 3. The SMILES string of the molecule is CNC(=O)c1cc(NC(CN)CC(C)C)ccn1. The maximum absolute atomic E-state index is 11.5. The number of nitrogens with one attached hydrogen (secondary N) is 2. The Labute approximate surface area is 108 Å². The molecule has 1 heterocycles. The number of aromatic nitrogens is 1. The number of hydrogen-bond acceptors (Lipinski definition) is 4. The molecule has 1 unspecified atom stereocenters. The van der Waals surface area contributed by atoms with Gasteiger partial charge >= 0.3 is 0 Å². The normalized spacial score (nSPS) is 12.3. The summed E-state index contributed by atoms with van der Waals surface area (Å²) in [5, 5.41) is 5.89. The van der Waals surface area contributed by atoms with Gasteiger partial charge in [-0.05, 0) is 24.5 Å². The highest BCUT2D eigenvalue weighted by molar-refractivity contribution is 5.92. The maximum atomic E-state index is 11.5. The third-order valence-corrected chi connectivity index (χ3v) is 2.63. The van der Waals surface area contributed by atoms with E-state index in [1.54, 1.807) is 19.3 Å². The fraction of sp³-hybridized carbons (Fsp3) is 0.538. The summed E-state index contributed by atoms with van der Waals surface area (Å²) in [6.45, 7) is 4.88. The van der Waals surface area contributed by atoms with Crippen LogP contribution in [0.3, 0.4) is 0 Å². The minimum atomic E-state index is -0.188. The summed E-state index contributed by atoms with van der Waals surface area (Å²) >= 11 is 0. The number of carbonyl (C=O) groups excluding carboxylic acids is 1. The summed E-state index contributed by atoms with van der Waals surface area (Å²) in [6.07, 6.45) is 2.62. The predicted molar refractivity (Wildman–Crippen MR) is 73.5 cm³/mol. The molecule has 0 aliphatic heterocycles. The molecule has 1 aromatic heterocycles. The van der Waals surface area contributed by atoms with Crippen molar-refractivity contribution in [3.05, 3.63) is 24.0 Å². The predicted octanol–water partition coefficient (Wildman–Crippen LogP) is 1.23. The molecule has 1 rings (SSSR count). The molecular weight excluding hydrogens is 228 g/mol. The van der Waals surface area contributed by atoms with Gasteiger partial charge < -0.3 is 16.4 Å². The van der Waals surface area contributed by atoms with Gasteiger partial charge in [-0.1, -0.05) is 13.8 Å². The molecular formula is C13H22N4O. The number of pyridine rings is 1. The molecule has 0 aromatic carbocycles. The van der Waals surface area contributed by atoms with E-state index < -0.39 is 0 Å². The zero-order valence-electron chi connectivity index (χ0n) is 11.2. The van der Waals surface area contributed by atoms with Gasteiger partial charge in [0, 0.05) is 31.5 Å². The van der Waals surface area contributed by atoms with Gasteiger partial charge in [0.05, 0.1) is 0 Å². The van der Waals surface area contributed by atoms with Gasteiger partial charge in [-0.25, -0.2) is 0 Å². The van der Waals surface area contributed by atoms with Gasteiger partial charge in [-0.15, -0.1) is 0 Å². The highest BCUT2D eigenvalue weighted by atomic mass is 16.1. The minimum Gasteiger partial charge on any atom is -0.381 e. The van der Waals surface area contributed by atoms with Gasteiger partial charge in [-0.3, -0.25) is 9.78 Å². The average Bonchev–Trinajstić information content (AvgIpc) is 2.36. The van der Waals surface area contributed by atoms with E-state index in [1.807, 2.05) is 6.07 Å². The summed E-state index contributed by atoms with van der Waals surface area (Å²) in [6, 6.07) is 3.79. The first-order valence-electron chi connectivity index (χ1n) is 6.21. The van der Waals surface area contributed by atoms with Crippen LogP contribution in [0.5, 0.6) is 0 Å². The zero-order chi connectivity index (χ0) is 13.5. The fourth-order valence-electron chi connectivity index (χ4n) is 1.79. The summed E-state index contributed by atoms with van der Waals surface area (Å²) < 4.78 is 0. The first-order valence-corrected chi connectivity index (χ1v) is 6.21. The van der Waals surface area contributed by atoms with E-state index in [0.717, 1.165) is 12.1 Å². The first-order chi connectivity index (χ1) is 8.56. The van der Waals surface area contributed by atoms with Crippen LogP contribution in [0.25, 0.3) is 0 Å². The summed E-state index contributed by atoms with van der Waals surface area (Å²) in [5.41, 5.74) is 7.02. The van der Waals surface area contributed by atoms with E-state index in [1.165, 1.54) is 0 Å². The molecule has 5 nitrogen and oxygen atoms in total. The lowest BCUT2D eigenvalue weighted by Gasteiger charge is -2.20. The summed E-state index contributed by atoms with van der Waals surface area (Å²) in [7, 11) is 1.59. The van der Waals surface area contributed by atoms with E-state index in [4.69, 9.17) is 5.73 Å². The molecule has 4 N–H and O–H groups in total. The van der Waals surface area contributed by atoms with Crippen molar-refractivity contribution < 1.29 is 4.79 Å². The maximum Gasteiger partial charge on any atom is 0.269 e. The van der Waals surface area contributed by atoms with E-state index in [2.05, 4.69) is 29.5 Å². The van der Waals surface area contributed by atoms with Crippen molar-refractivity contribution in [3.63, 3.8) is 0 Å². The van der Waals surface area contributed by atoms with Crippen LogP contribution in [-0.4, -0.2) is 30.5 Å². The topological polar surface area (TPSA) is 80.0 Å². The number of carbonyl (C=O) groups is 1. The molecule has 100 valence electrons. The molecule has 0 aliphatic carbocycles.